The van der Waals surface area contributed by atoms with Gasteiger partial charge in [0.1, 0.15) is 17.3 Å². The molecule has 1 fully saturated rings. The molecule has 40 heavy (non-hydrogen) atoms. The number of fused-ring (bicyclic) bond motifs is 1. The normalized spacial score (nSPS) is 14.3. The van der Waals surface area contributed by atoms with Crippen molar-refractivity contribution in [3.8, 4) is 11.5 Å². The van der Waals surface area contributed by atoms with Crippen molar-refractivity contribution in [1.82, 2.24) is 19.8 Å². The number of aromatic nitrogens is 2. The van der Waals surface area contributed by atoms with Crippen LogP contribution in [0.1, 0.15) is 34.3 Å². The molecule has 1 aliphatic rings. The molecular formula is C30H33N5O5. The maximum Gasteiger partial charge on any atom is 0.325 e. The van der Waals surface area contributed by atoms with Gasteiger partial charge < -0.3 is 25.2 Å². The van der Waals surface area contributed by atoms with Gasteiger partial charge in [-0.3, -0.25) is 14.3 Å². The van der Waals surface area contributed by atoms with Crippen molar-refractivity contribution in [2.45, 2.75) is 32.1 Å². The highest BCUT2D eigenvalue weighted by atomic mass is 16.5. The maximum absolute atomic E-state index is 12.9. The Bertz CT molecular complexity index is 1490. The van der Waals surface area contributed by atoms with E-state index in [0.717, 1.165) is 54.5 Å². The molecule has 1 saturated heterocycles. The number of nitrogens with zero attached hydrogens (tertiary/aromatic N) is 3. The van der Waals surface area contributed by atoms with Crippen LogP contribution in [0.15, 0.2) is 67.0 Å². The maximum atomic E-state index is 12.9. The number of hydrogen-bond donors (Lipinski definition) is 3. The first-order chi connectivity index (χ1) is 19.4. The molecule has 0 atom stereocenters. The highest BCUT2D eigenvalue weighted by Crippen LogP contribution is 2.32. The Morgan fingerprint density at radius 2 is 1.85 bits per heavy atom. The number of pyridine rings is 1. The minimum atomic E-state index is -0.269. The lowest BCUT2D eigenvalue weighted by molar-refractivity contribution is 0.0792. The molecule has 5 rings (SSSR count). The number of rotatable bonds is 8. The van der Waals surface area contributed by atoms with Gasteiger partial charge in [0.15, 0.2) is 0 Å². The molecule has 4 aromatic rings. The highest BCUT2D eigenvalue weighted by molar-refractivity contribution is 6.03. The summed E-state index contributed by atoms with van der Waals surface area (Å²) in [5.41, 5.74) is 3.15. The predicted octanol–water partition coefficient (Wildman–Crippen LogP) is 4.37. The fraction of sp³-hybridized carbons (Fsp3) is 0.300. The molecule has 2 aromatic carbocycles. The van der Waals surface area contributed by atoms with E-state index in [9.17, 15) is 14.7 Å². The zero-order valence-electron chi connectivity index (χ0n) is 22.6. The van der Waals surface area contributed by atoms with E-state index in [-0.39, 0.29) is 24.6 Å². The number of hydrogen-bond acceptors (Lipinski definition) is 7. The first-order valence-electron chi connectivity index (χ1n) is 13.2. The van der Waals surface area contributed by atoms with Gasteiger partial charge in [0, 0.05) is 68.8 Å². The standard InChI is InChI=1S/C30H33N5O5/c1-31-30(38)35-14-8-22-16-27(23(19-39-2)15-26(22)35)40-25-7-11-32-28(17-25)33-29(37)21-5-3-20(4-6-21)18-34-12-9-24(36)10-13-34/h3-8,11,14-17,24,36H,9-10,12-13,18-19H2,1-2H3,(H,31,38)(H,32,33,37). The number of carbonyl (C=O) groups is 2. The first-order valence-corrected chi connectivity index (χ1v) is 13.2. The number of amides is 2. The van der Waals surface area contributed by atoms with Gasteiger partial charge in [-0.2, -0.15) is 0 Å². The number of carbonyl (C=O) groups excluding carboxylic acids is 2. The van der Waals surface area contributed by atoms with E-state index in [1.807, 2.05) is 30.3 Å². The lowest BCUT2D eigenvalue weighted by Crippen LogP contribution is -2.35. The summed E-state index contributed by atoms with van der Waals surface area (Å²) >= 11 is 0. The molecule has 1 aliphatic heterocycles. The lowest BCUT2D eigenvalue weighted by atomic mass is 10.1. The van der Waals surface area contributed by atoms with E-state index in [4.69, 9.17) is 9.47 Å². The summed E-state index contributed by atoms with van der Waals surface area (Å²) in [5.74, 6) is 1.16. The molecule has 208 valence electrons. The number of anilines is 1. The number of aliphatic hydroxyl groups is 1. The molecule has 3 N–H and O–H groups in total. The molecule has 10 nitrogen and oxygen atoms in total. The van der Waals surface area contributed by atoms with Gasteiger partial charge in [0.05, 0.1) is 18.2 Å². The summed E-state index contributed by atoms with van der Waals surface area (Å²) in [5, 5.41) is 16.0. The highest BCUT2D eigenvalue weighted by Gasteiger charge is 2.17. The number of benzene rings is 2. The van der Waals surface area contributed by atoms with E-state index >= 15 is 0 Å². The van der Waals surface area contributed by atoms with Crippen LogP contribution < -0.4 is 15.4 Å². The molecular weight excluding hydrogens is 510 g/mol. The minimum Gasteiger partial charge on any atom is -0.457 e. The third-order valence-corrected chi connectivity index (χ3v) is 6.99. The number of piperidine rings is 1. The molecule has 0 bridgehead atoms. The first kappa shape index (κ1) is 27.3. The van der Waals surface area contributed by atoms with E-state index in [0.29, 0.717) is 22.9 Å². The summed E-state index contributed by atoms with van der Waals surface area (Å²) in [4.78, 5) is 31.7. The molecule has 0 spiro atoms. The molecule has 2 amide bonds. The molecule has 0 unspecified atom stereocenters. The van der Waals surface area contributed by atoms with Crippen LogP contribution >= 0.6 is 0 Å². The van der Waals surface area contributed by atoms with Gasteiger partial charge in [-0.1, -0.05) is 12.1 Å². The van der Waals surface area contributed by atoms with Crippen LogP contribution in [0.25, 0.3) is 10.9 Å². The van der Waals surface area contributed by atoms with E-state index < -0.39 is 0 Å². The predicted molar refractivity (Wildman–Crippen MR) is 152 cm³/mol. The van der Waals surface area contributed by atoms with Gasteiger partial charge in [-0.15, -0.1) is 0 Å². The van der Waals surface area contributed by atoms with Gasteiger partial charge in [-0.05, 0) is 54.8 Å². The number of likely N-dealkylation sites (tertiary alicyclic amines) is 1. The quantitative estimate of drug-likeness (QED) is 0.302. The fourth-order valence-electron chi connectivity index (χ4n) is 4.82. The molecule has 0 saturated carbocycles. The SMILES string of the molecule is CNC(=O)n1ccc2cc(Oc3ccnc(NC(=O)c4ccc(CN5CCC(O)CC5)cc4)c3)c(COC)cc21. The zero-order chi connectivity index (χ0) is 28.1. The van der Waals surface area contributed by atoms with Crippen LogP contribution in [0.4, 0.5) is 10.6 Å². The van der Waals surface area contributed by atoms with Crippen molar-refractivity contribution in [2.75, 3.05) is 32.6 Å². The van der Waals surface area contributed by atoms with Crippen LogP contribution in [0.3, 0.4) is 0 Å². The Morgan fingerprint density at radius 1 is 1.07 bits per heavy atom. The van der Waals surface area contributed by atoms with Gasteiger partial charge >= 0.3 is 6.03 Å². The van der Waals surface area contributed by atoms with Crippen LogP contribution in [0, 0.1) is 0 Å². The zero-order valence-corrected chi connectivity index (χ0v) is 22.6. The van der Waals surface area contributed by atoms with Crippen molar-refractivity contribution in [1.29, 1.82) is 0 Å². The average Bonchev–Trinajstić information content (AvgIpc) is 3.37. The smallest absolute Gasteiger partial charge is 0.325 e. The third-order valence-electron chi connectivity index (χ3n) is 6.99. The molecule has 10 heteroatoms. The second-order valence-corrected chi connectivity index (χ2v) is 9.83. The van der Waals surface area contributed by atoms with Crippen LogP contribution in [0.2, 0.25) is 0 Å². The van der Waals surface area contributed by atoms with Crippen LogP contribution in [0.5, 0.6) is 11.5 Å². The number of methoxy groups -OCH3 is 1. The van der Waals surface area contributed by atoms with Crippen molar-refractivity contribution in [3.05, 3.63) is 83.7 Å². The second-order valence-electron chi connectivity index (χ2n) is 9.83. The molecule has 2 aromatic heterocycles. The van der Waals surface area contributed by atoms with Crippen molar-refractivity contribution in [3.63, 3.8) is 0 Å². The van der Waals surface area contributed by atoms with Crippen molar-refractivity contribution >= 4 is 28.7 Å². The van der Waals surface area contributed by atoms with Crippen LogP contribution in [-0.4, -0.2) is 64.8 Å². The van der Waals surface area contributed by atoms with E-state index in [1.54, 1.807) is 50.8 Å². The molecule has 0 radical (unpaired) electrons. The van der Waals surface area contributed by atoms with Gasteiger partial charge in [-0.25, -0.2) is 9.78 Å². The Kier molecular flexibility index (Phi) is 8.40. The van der Waals surface area contributed by atoms with Crippen LogP contribution in [-0.2, 0) is 17.9 Å². The second kappa shape index (κ2) is 12.3. The average molecular weight is 544 g/mol. The summed E-state index contributed by atoms with van der Waals surface area (Å²) in [6.45, 7) is 2.83. The van der Waals surface area contributed by atoms with Gasteiger partial charge in [0.2, 0.25) is 0 Å². The minimum absolute atomic E-state index is 0.195. The summed E-state index contributed by atoms with van der Waals surface area (Å²) in [7, 11) is 3.18. The Labute approximate surface area is 232 Å². The van der Waals surface area contributed by atoms with E-state index in [1.165, 1.54) is 4.57 Å². The number of nitrogens with one attached hydrogen (secondary N) is 2. The largest absolute Gasteiger partial charge is 0.457 e. The van der Waals surface area contributed by atoms with E-state index in [2.05, 4.69) is 20.5 Å². The number of ether oxygens (including phenoxy) is 2. The summed E-state index contributed by atoms with van der Waals surface area (Å²) < 4.78 is 13.1. The molecule has 0 aliphatic carbocycles. The molecule has 3 heterocycles. The summed E-state index contributed by atoms with van der Waals surface area (Å²) in [6, 6.07) is 16.2. The Hall–Kier alpha value is -4.25. The lowest BCUT2D eigenvalue weighted by Gasteiger charge is -2.29. The number of aliphatic hydroxyl groups excluding tert-OH is 1. The Balaban J connectivity index is 1.27. The van der Waals surface area contributed by atoms with Crippen molar-refractivity contribution in [2.24, 2.45) is 0 Å². The topological polar surface area (TPSA) is 118 Å². The van der Waals surface area contributed by atoms with Gasteiger partial charge in [0.25, 0.3) is 5.91 Å². The van der Waals surface area contributed by atoms with Crippen molar-refractivity contribution < 1.29 is 24.2 Å². The Morgan fingerprint density at radius 3 is 2.58 bits per heavy atom. The fourth-order valence-corrected chi connectivity index (χ4v) is 4.82. The third kappa shape index (κ3) is 6.31. The summed E-state index contributed by atoms with van der Waals surface area (Å²) in [6.07, 6.45) is 4.67. The monoisotopic (exact) mass is 543 g/mol.